The van der Waals surface area contributed by atoms with Crippen LogP contribution in [0.25, 0.3) is 11.6 Å². The fourth-order valence-corrected chi connectivity index (χ4v) is 2.47. The molecule has 0 spiro atoms. The molecule has 132 valence electrons. The summed E-state index contributed by atoms with van der Waals surface area (Å²) < 4.78 is 10.5. The van der Waals surface area contributed by atoms with Gasteiger partial charge in [0.2, 0.25) is 5.76 Å². The van der Waals surface area contributed by atoms with E-state index in [1.165, 1.54) is 12.3 Å². The van der Waals surface area contributed by atoms with Crippen LogP contribution in [-0.2, 0) is 11.2 Å². The Labute approximate surface area is 150 Å². The van der Waals surface area contributed by atoms with Crippen molar-refractivity contribution < 1.29 is 13.9 Å². The SMILES string of the molecule is CCOC(=O)c1ccc(C=C(Cc2ccccc2)c2nccc(=O)[nH]2)o1. The number of nitrogens with one attached hydrogen (secondary N) is 1. The normalized spacial score (nSPS) is 11.3. The number of hydrogen-bond donors (Lipinski definition) is 1. The van der Waals surface area contributed by atoms with E-state index in [1.807, 2.05) is 30.3 Å². The molecule has 3 aromatic rings. The first-order valence-corrected chi connectivity index (χ1v) is 8.23. The van der Waals surface area contributed by atoms with Crippen molar-refractivity contribution in [3.05, 3.63) is 88.0 Å². The van der Waals surface area contributed by atoms with Gasteiger partial charge < -0.3 is 14.1 Å². The molecule has 0 radical (unpaired) electrons. The summed E-state index contributed by atoms with van der Waals surface area (Å²) in [6.07, 6.45) is 3.76. The van der Waals surface area contributed by atoms with Crippen LogP contribution in [0, 0.1) is 0 Å². The quantitative estimate of drug-likeness (QED) is 0.689. The largest absolute Gasteiger partial charge is 0.460 e. The first-order valence-electron chi connectivity index (χ1n) is 8.23. The Hall–Kier alpha value is -3.41. The molecule has 0 amide bonds. The second-order valence-corrected chi connectivity index (χ2v) is 5.54. The van der Waals surface area contributed by atoms with Crippen molar-refractivity contribution in [1.82, 2.24) is 9.97 Å². The molecule has 1 N–H and O–H groups in total. The first-order chi connectivity index (χ1) is 12.7. The molecule has 0 aliphatic carbocycles. The van der Waals surface area contributed by atoms with Crippen molar-refractivity contribution >= 4 is 17.6 Å². The Morgan fingerprint density at radius 1 is 1.19 bits per heavy atom. The minimum Gasteiger partial charge on any atom is -0.460 e. The van der Waals surface area contributed by atoms with E-state index >= 15 is 0 Å². The second-order valence-electron chi connectivity index (χ2n) is 5.54. The number of allylic oxidation sites excluding steroid dienone is 1. The van der Waals surface area contributed by atoms with Gasteiger partial charge in [-0.1, -0.05) is 30.3 Å². The number of aromatic nitrogens is 2. The summed E-state index contributed by atoms with van der Waals surface area (Å²) in [5.41, 5.74) is 1.58. The average molecular weight is 350 g/mol. The van der Waals surface area contributed by atoms with Crippen LogP contribution in [0.15, 0.2) is 63.9 Å². The highest BCUT2D eigenvalue weighted by Crippen LogP contribution is 2.21. The van der Waals surface area contributed by atoms with Crippen molar-refractivity contribution in [2.75, 3.05) is 6.61 Å². The second kappa shape index (κ2) is 8.11. The van der Waals surface area contributed by atoms with Gasteiger partial charge in [-0.3, -0.25) is 4.79 Å². The lowest BCUT2D eigenvalue weighted by Gasteiger charge is -2.06. The monoisotopic (exact) mass is 350 g/mol. The smallest absolute Gasteiger partial charge is 0.374 e. The maximum absolute atomic E-state index is 11.8. The van der Waals surface area contributed by atoms with Crippen LogP contribution in [0.5, 0.6) is 0 Å². The molecule has 6 nitrogen and oxygen atoms in total. The molecule has 3 rings (SSSR count). The van der Waals surface area contributed by atoms with Crippen molar-refractivity contribution in [2.24, 2.45) is 0 Å². The topological polar surface area (TPSA) is 85.2 Å². The molecule has 1 aromatic carbocycles. The summed E-state index contributed by atoms with van der Waals surface area (Å²) in [5, 5.41) is 0. The van der Waals surface area contributed by atoms with Crippen molar-refractivity contribution in [1.29, 1.82) is 0 Å². The van der Waals surface area contributed by atoms with E-state index in [1.54, 1.807) is 25.1 Å². The summed E-state index contributed by atoms with van der Waals surface area (Å²) in [7, 11) is 0. The van der Waals surface area contributed by atoms with Gasteiger partial charge in [0, 0.05) is 24.3 Å². The number of ether oxygens (including phenoxy) is 1. The van der Waals surface area contributed by atoms with Crippen LogP contribution in [0.1, 0.15) is 34.6 Å². The molecule has 2 heterocycles. The molecule has 0 unspecified atom stereocenters. The van der Waals surface area contributed by atoms with Gasteiger partial charge in [0.1, 0.15) is 11.6 Å². The Bertz CT molecular complexity index is 970. The van der Waals surface area contributed by atoms with Crippen LogP contribution in [0.4, 0.5) is 0 Å². The minimum absolute atomic E-state index is 0.131. The fourth-order valence-electron chi connectivity index (χ4n) is 2.47. The molecule has 0 aliphatic rings. The van der Waals surface area contributed by atoms with Gasteiger partial charge in [-0.2, -0.15) is 0 Å². The van der Waals surface area contributed by atoms with E-state index < -0.39 is 5.97 Å². The van der Waals surface area contributed by atoms with E-state index in [9.17, 15) is 9.59 Å². The van der Waals surface area contributed by atoms with Gasteiger partial charge >= 0.3 is 5.97 Å². The van der Waals surface area contributed by atoms with Crippen LogP contribution >= 0.6 is 0 Å². The Morgan fingerprint density at radius 2 is 2.00 bits per heavy atom. The number of esters is 1. The molecule has 0 saturated carbocycles. The zero-order chi connectivity index (χ0) is 18.4. The molecule has 0 atom stereocenters. The summed E-state index contributed by atoms with van der Waals surface area (Å²) >= 11 is 0. The highest BCUT2D eigenvalue weighted by Gasteiger charge is 2.13. The molecule has 0 aliphatic heterocycles. The average Bonchev–Trinajstić information content (AvgIpc) is 3.11. The predicted molar refractivity (Wildman–Crippen MR) is 97.5 cm³/mol. The van der Waals surface area contributed by atoms with Gasteiger partial charge in [-0.05, 0) is 30.7 Å². The Morgan fingerprint density at radius 3 is 2.73 bits per heavy atom. The number of carbonyl (C=O) groups is 1. The number of hydrogen-bond acceptors (Lipinski definition) is 5. The third-order valence-electron chi connectivity index (χ3n) is 3.63. The van der Waals surface area contributed by atoms with Crippen LogP contribution in [0.2, 0.25) is 0 Å². The predicted octanol–water partition coefficient (Wildman–Crippen LogP) is 3.32. The van der Waals surface area contributed by atoms with E-state index in [-0.39, 0.29) is 17.9 Å². The maximum atomic E-state index is 11.8. The number of carbonyl (C=O) groups excluding carboxylic acids is 1. The third-order valence-corrected chi connectivity index (χ3v) is 3.63. The standard InChI is InChI=1S/C20H18N2O4/c1-2-25-20(24)17-9-8-16(26-17)13-15(12-14-6-4-3-5-7-14)19-21-11-10-18(23)22-19/h3-11,13H,2,12H2,1H3,(H,21,22,23). The van der Waals surface area contributed by atoms with E-state index in [0.717, 1.165) is 11.1 Å². The van der Waals surface area contributed by atoms with Crippen molar-refractivity contribution in [3.63, 3.8) is 0 Å². The zero-order valence-electron chi connectivity index (χ0n) is 14.3. The van der Waals surface area contributed by atoms with Gasteiger partial charge in [0.25, 0.3) is 5.56 Å². The van der Waals surface area contributed by atoms with Crippen LogP contribution < -0.4 is 5.56 Å². The highest BCUT2D eigenvalue weighted by atomic mass is 16.5. The van der Waals surface area contributed by atoms with Crippen LogP contribution in [0.3, 0.4) is 0 Å². The van der Waals surface area contributed by atoms with Crippen LogP contribution in [-0.4, -0.2) is 22.5 Å². The Kier molecular flexibility index (Phi) is 5.43. The number of benzene rings is 1. The summed E-state index contributed by atoms with van der Waals surface area (Å²) in [6, 6.07) is 14.4. The molecule has 26 heavy (non-hydrogen) atoms. The van der Waals surface area contributed by atoms with E-state index in [2.05, 4.69) is 9.97 Å². The van der Waals surface area contributed by atoms with Crippen molar-refractivity contribution in [2.45, 2.75) is 13.3 Å². The fraction of sp³-hybridized carbons (Fsp3) is 0.150. The summed E-state index contributed by atoms with van der Waals surface area (Å²) in [6.45, 7) is 2.01. The molecule has 6 heteroatoms. The number of nitrogens with zero attached hydrogens (tertiary/aromatic N) is 1. The van der Waals surface area contributed by atoms with E-state index in [4.69, 9.17) is 9.15 Å². The Balaban J connectivity index is 1.96. The third kappa shape index (κ3) is 4.36. The lowest BCUT2D eigenvalue weighted by atomic mass is 10.0. The van der Waals surface area contributed by atoms with Gasteiger partial charge in [-0.15, -0.1) is 0 Å². The lowest BCUT2D eigenvalue weighted by Crippen LogP contribution is -2.09. The van der Waals surface area contributed by atoms with Gasteiger partial charge in [0.15, 0.2) is 0 Å². The highest BCUT2D eigenvalue weighted by molar-refractivity contribution is 5.87. The van der Waals surface area contributed by atoms with Crippen molar-refractivity contribution in [3.8, 4) is 0 Å². The number of aromatic amines is 1. The minimum atomic E-state index is -0.511. The number of rotatable bonds is 6. The molecule has 0 bridgehead atoms. The molecular weight excluding hydrogens is 332 g/mol. The maximum Gasteiger partial charge on any atom is 0.374 e. The molecular formula is C20H18N2O4. The number of H-pyrrole nitrogens is 1. The lowest BCUT2D eigenvalue weighted by molar-refractivity contribution is 0.0489. The van der Waals surface area contributed by atoms with E-state index in [0.29, 0.717) is 18.0 Å². The molecule has 0 saturated heterocycles. The van der Waals surface area contributed by atoms with Gasteiger partial charge in [-0.25, -0.2) is 9.78 Å². The molecule has 0 fully saturated rings. The zero-order valence-corrected chi connectivity index (χ0v) is 14.3. The number of furan rings is 1. The summed E-state index contributed by atoms with van der Waals surface area (Å²) in [5.74, 6) is 0.551. The molecule has 2 aromatic heterocycles. The first kappa shape index (κ1) is 17.4. The summed E-state index contributed by atoms with van der Waals surface area (Å²) in [4.78, 5) is 30.4. The van der Waals surface area contributed by atoms with Gasteiger partial charge in [0.05, 0.1) is 6.61 Å².